The van der Waals surface area contributed by atoms with E-state index in [1.54, 1.807) is 19.9 Å². The molecule has 0 amide bonds. The molecule has 0 unspecified atom stereocenters. The van der Waals surface area contributed by atoms with E-state index in [1.165, 1.54) is 0 Å². The van der Waals surface area contributed by atoms with E-state index in [1.807, 2.05) is 31.2 Å². The molecule has 0 spiro atoms. The molecule has 0 aliphatic carbocycles. The van der Waals surface area contributed by atoms with Crippen molar-refractivity contribution in [1.82, 2.24) is 0 Å². The molecule has 0 N–H and O–H groups in total. The first-order valence-electron chi connectivity index (χ1n) is 6.66. The second-order valence-corrected chi connectivity index (χ2v) is 4.29. The van der Waals surface area contributed by atoms with Crippen LogP contribution in [0.15, 0.2) is 29.8 Å². The van der Waals surface area contributed by atoms with Crippen LogP contribution in [0.1, 0.15) is 31.4 Å². The van der Waals surface area contributed by atoms with Gasteiger partial charge in [0.15, 0.2) is 0 Å². The third kappa shape index (κ3) is 5.26. The number of esters is 2. The lowest BCUT2D eigenvalue weighted by Gasteiger charge is -2.07. The number of benzene rings is 1. The Balaban J connectivity index is 2.97. The van der Waals surface area contributed by atoms with E-state index in [0.717, 1.165) is 11.1 Å². The Bertz CT molecular complexity index is 503. The molecule has 0 saturated heterocycles. The van der Waals surface area contributed by atoms with Crippen molar-refractivity contribution in [3.63, 3.8) is 0 Å². The molecule has 0 saturated carbocycles. The highest BCUT2D eigenvalue weighted by molar-refractivity contribution is 5.98. The van der Waals surface area contributed by atoms with Gasteiger partial charge in [-0.1, -0.05) is 29.8 Å². The minimum atomic E-state index is -0.484. The summed E-state index contributed by atoms with van der Waals surface area (Å²) in [5.41, 5.74) is 2.24. The van der Waals surface area contributed by atoms with Crippen molar-refractivity contribution < 1.29 is 19.1 Å². The fourth-order valence-corrected chi connectivity index (χ4v) is 1.73. The fraction of sp³-hybridized carbons (Fsp3) is 0.375. The molecule has 0 aliphatic rings. The number of rotatable bonds is 6. The molecule has 0 heterocycles. The normalized spacial score (nSPS) is 11.1. The molecule has 1 aromatic rings. The Hall–Kier alpha value is -2.10. The molecule has 1 rings (SSSR count). The Morgan fingerprint density at radius 1 is 1.15 bits per heavy atom. The number of carbonyl (C=O) groups is 2. The Morgan fingerprint density at radius 2 is 1.85 bits per heavy atom. The number of hydrogen-bond acceptors (Lipinski definition) is 4. The third-order valence-corrected chi connectivity index (χ3v) is 2.56. The van der Waals surface area contributed by atoms with Crippen molar-refractivity contribution in [2.45, 2.75) is 27.2 Å². The van der Waals surface area contributed by atoms with Gasteiger partial charge < -0.3 is 9.47 Å². The Morgan fingerprint density at radius 3 is 2.45 bits per heavy atom. The predicted molar refractivity (Wildman–Crippen MR) is 77.0 cm³/mol. The van der Waals surface area contributed by atoms with Crippen molar-refractivity contribution in [1.29, 1.82) is 0 Å². The maximum Gasteiger partial charge on any atom is 0.334 e. The summed E-state index contributed by atoms with van der Waals surface area (Å²) in [5.74, 6) is -0.915. The van der Waals surface area contributed by atoms with Crippen LogP contribution in [0.5, 0.6) is 0 Å². The summed E-state index contributed by atoms with van der Waals surface area (Å²) in [6, 6.07) is 7.67. The summed E-state index contributed by atoms with van der Waals surface area (Å²) in [5, 5.41) is 0. The maximum atomic E-state index is 11.9. The molecule has 4 nitrogen and oxygen atoms in total. The first kappa shape index (κ1) is 16.0. The molecule has 108 valence electrons. The molecule has 0 radical (unpaired) electrons. The number of carbonyl (C=O) groups excluding carboxylic acids is 2. The summed E-state index contributed by atoms with van der Waals surface area (Å²) in [6.45, 7) is 5.98. The fourth-order valence-electron chi connectivity index (χ4n) is 1.73. The van der Waals surface area contributed by atoms with Gasteiger partial charge in [0.25, 0.3) is 0 Å². The molecule has 4 heteroatoms. The highest BCUT2D eigenvalue weighted by Crippen LogP contribution is 2.14. The SMILES string of the molecule is CCOC(=O)C/C(=C\c1cccc(C)c1)C(=O)OCC. The third-order valence-electron chi connectivity index (χ3n) is 2.56. The van der Waals surface area contributed by atoms with E-state index < -0.39 is 11.9 Å². The molecule has 0 fully saturated rings. The van der Waals surface area contributed by atoms with Gasteiger partial charge in [-0.3, -0.25) is 4.79 Å². The number of aryl methyl sites for hydroxylation is 1. The van der Waals surface area contributed by atoms with Crippen molar-refractivity contribution in [3.05, 3.63) is 41.0 Å². The van der Waals surface area contributed by atoms with Crippen LogP contribution in [0.25, 0.3) is 6.08 Å². The van der Waals surface area contributed by atoms with Gasteiger partial charge in [0.2, 0.25) is 0 Å². The van der Waals surface area contributed by atoms with Crippen LogP contribution < -0.4 is 0 Å². The van der Waals surface area contributed by atoms with Gasteiger partial charge in [-0.05, 0) is 32.4 Å². The topological polar surface area (TPSA) is 52.6 Å². The average Bonchev–Trinajstić information content (AvgIpc) is 2.38. The molecule has 0 atom stereocenters. The van der Waals surface area contributed by atoms with E-state index >= 15 is 0 Å². The largest absolute Gasteiger partial charge is 0.466 e. The monoisotopic (exact) mass is 276 g/mol. The van der Waals surface area contributed by atoms with E-state index in [2.05, 4.69) is 0 Å². The smallest absolute Gasteiger partial charge is 0.334 e. The van der Waals surface area contributed by atoms with Gasteiger partial charge in [0.05, 0.1) is 19.6 Å². The minimum Gasteiger partial charge on any atom is -0.466 e. The first-order chi connectivity index (χ1) is 9.56. The summed E-state index contributed by atoms with van der Waals surface area (Å²) < 4.78 is 9.85. The van der Waals surface area contributed by atoms with Gasteiger partial charge >= 0.3 is 11.9 Å². The summed E-state index contributed by atoms with van der Waals surface area (Å²) >= 11 is 0. The molecule has 20 heavy (non-hydrogen) atoms. The number of hydrogen-bond donors (Lipinski definition) is 0. The second kappa shape index (κ2) is 8.15. The van der Waals surface area contributed by atoms with Gasteiger partial charge in [-0.25, -0.2) is 4.79 Å². The standard InChI is InChI=1S/C16H20O4/c1-4-19-15(17)11-14(16(18)20-5-2)10-13-8-6-7-12(3)9-13/h6-10H,4-5,11H2,1-3H3/b14-10+. The molecule has 1 aromatic carbocycles. The minimum absolute atomic E-state index is 0.0827. The zero-order valence-electron chi connectivity index (χ0n) is 12.1. The van der Waals surface area contributed by atoms with Gasteiger partial charge in [0, 0.05) is 5.57 Å². The van der Waals surface area contributed by atoms with Crippen LogP contribution in [0.4, 0.5) is 0 Å². The Labute approximate surface area is 119 Å². The first-order valence-corrected chi connectivity index (χ1v) is 6.66. The molecular weight excluding hydrogens is 256 g/mol. The van der Waals surface area contributed by atoms with Crippen molar-refractivity contribution >= 4 is 18.0 Å². The van der Waals surface area contributed by atoms with Crippen LogP contribution in [-0.4, -0.2) is 25.2 Å². The van der Waals surface area contributed by atoms with Crippen LogP contribution in [0.2, 0.25) is 0 Å². The number of ether oxygens (including phenoxy) is 2. The average molecular weight is 276 g/mol. The quantitative estimate of drug-likeness (QED) is 0.592. The van der Waals surface area contributed by atoms with Crippen LogP contribution in [0, 0.1) is 6.92 Å². The zero-order chi connectivity index (χ0) is 15.0. The van der Waals surface area contributed by atoms with Crippen molar-refractivity contribution in [2.24, 2.45) is 0 Å². The van der Waals surface area contributed by atoms with Crippen LogP contribution in [0.3, 0.4) is 0 Å². The van der Waals surface area contributed by atoms with Crippen LogP contribution in [-0.2, 0) is 19.1 Å². The van der Waals surface area contributed by atoms with Crippen molar-refractivity contribution in [2.75, 3.05) is 13.2 Å². The molecule has 0 aromatic heterocycles. The predicted octanol–water partition coefficient (Wildman–Crippen LogP) is 2.89. The zero-order valence-corrected chi connectivity index (χ0v) is 12.1. The van der Waals surface area contributed by atoms with E-state index in [0.29, 0.717) is 12.2 Å². The lowest BCUT2D eigenvalue weighted by molar-refractivity contribution is -0.145. The van der Waals surface area contributed by atoms with E-state index in [-0.39, 0.29) is 13.0 Å². The second-order valence-electron chi connectivity index (χ2n) is 4.29. The lowest BCUT2D eigenvalue weighted by atomic mass is 10.1. The summed E-state index contributed by atoms with van der Waals surface area (Å²) in [6.07, 6.45) is 1.59. The highest BCUT2D eigenvalue weighted by atomic mass is 16.5. The highest BCUT2D eigenvalue weighted by Gasteiger charge is 2.16. The van der Waals surface area contributed by atoms with E-state index in [9.17, 15) is 9.59 Å². The van der Waals surface area contributed by atoms with Crippen LogP contribution >= 0.6 is 0 Å². The van der Waals surface area contributed by atoms with Gasteiger partial charge in [-0.15, -0.1) is 0 Å². The molecule has 0 aliphatic heterocycles. The maximum absolute atomic E-state index is 11.9. The molecule has 0 bridgehead atoms. The summed E-state index contributed by atoms with van der Waals surface area (Å²) in [4.78, 5) is 23.4. The lowest BCUT2D eigenvalue weighted by Crippen LogP contribution is -2.13. The van der Waals surface area contributed by atoms with Gasteiger partial charge in [0.1, 0.15) is 0 Å². The van der Waals surface area contributed by atoms with Gasteiger partial charge in [-0.2, -0.15) is 0 Å². The summed E-state index contributed by atoms with van der Waals surface area (Å²) in [7, 11) is 0. The van der Waals surface area contributed by atoms with E-state index in [4.69, 9.17) is 9.47 Å². The van der Waals surface area contributed by atoms with Crippen molar-refractivity contribution in [3.8, 4) is 0 Å². The Kier molecular flexibility index (Phi) is 6.50. The molecular formula is C16H20O4.